The minimum atomic E-state index is 0.416. The summed E-state index contributed by atoms with van der Waals surface area (Å²) in [5.41, 5.74) is 1.20. The molecule has 4 heteroatoms. The Hall–Kier alpha value is -1.26. The zero-order valence-corrected chi connectivity index (χ0v) is 13.7. The Morgan fingerprint density at radius 3 is 2.65 bits per heavy atom. The lowest BCUT2D eigenvalue weighted by atomic mass is 10.0. The van der Waals surface area contributed by atoms with Crippen LogP contribution in [0.5, 0.6) is 5.75 Å². The topological polar surface area (TPSA) is 34.4 Å². The molecular weight excluding hydrogens is 318 g/mol. The number of benzene rings is 1. The van der Waals surface area contributed by atoms with E-state index in [1.165, 1.54) is 5.56 Å². The molecule has 0 fully saturated rings. The van der Waals surface area contributed by atoms with Gasteiger partial charge in [0.1, 0.15) is 23.9 Å². The summed E-state index contributed by atoms with van der Waals surface area (Å²) in [5.74, 6) is 3.09. The van der Waals surface area contributed by atoms with Crippen LogP contribution in [0.3, 0.4) is 0 Å². The second-order valence-corrected chi connectivity index (χ2v) is 5.94. The fourth-order valence-electron chi connectivity index (χ4n) is 2.02. The average molecular weight is 338 g/mol. The maximum absolute atomic E-state index is 5.90. The normalized spacial score (nSPS) is 11.1. The highest BCUT2D eigenvalue weighted by Crippen LogP contribution is 2.30. The molecule has 0 amide bonds. The van der Waals surface area contributed by atoms with Crippen LogP contribution in [0.2, 0.25) is 0 Å². The molecule has 0 aliphatic carbocycles. The van der Waals surface area contributed by atoms with E-state index in [4.69, 9.17) is 9.15 Å². The van der Waals surface area contributed by atoms with E-state index in [0.717, 1.165) is 28.3 Å². The molecule has 1 aromatic carbocycles. The summed E-state index contributed by atoms with van der Waals surface area (Å²) < 4.78 is 12.6. The molecule has 0 radical (unpaired) electrons. The Morgan fingerprint density at radius 1 is 1.20 bits per heavy atom. The zero-order valence-electron chi connectivity index (χ0n) is 12.1. The van der Waals surface area contributed by atoms with Gasteiger partial charge in [0, 0.05) is 4.47 Å². The number of halogens is 1. The lowest BCUT2D eigenvalue weighted by Gasteiger charge is -2.13. The fourth-order valence-corrected chi connectivity index (χ4v) is 2.40. The van der Waals surface area contributed by atoms with Gasteiger partial charge in [-0.1, -0.05) is 29.8 Å². The van der Waals surface area contributed by atoms with Crippen LogP contribution in [-0.2, 0) is 13.2 Å². The van der Waals surface area contributed by atoms with Crippen molar-refractivity contribution in [3.05, 3.63) is 51.9 Å². The lowest BCUT2D eigenvalue weighted by Crippen LogP contribution is -2.03. The molecule has 1 aromatic heterocycles. The van der Waals surface area contributed by atoms with E-state index in [2.05, 4.69) is 41.2 Å². The molecule has 0 atom stereocenters. The number of furan rings is 1. The van der Waals surface area contributed by atoms with Crippen molar-refractivity contribution in [1.29, 1.82) is 0 Å². The van der Waals surface area contributed by atoms with Gasteiger partial charge in [-0.3, -0.25) is 0 Å². The summed E-state index contributed by atoms with van der Waals surface area (Å²) >= 11 is 3.50. The van der Waals surface area contributed by atoms with Crippen LogP contribution >= 0.6 is 15.9 Å². The van der Waals surface area contributed by atoms with Crippen LogP contribution in [0.1, 0.15) is 36.8 Å². The van der Waals surface area contributed by atoms with Gasteiger partial charge in [-0.2, -0.15) is 0 Å². The van der Waals surface area contributed by atoms with Crippen LogP contribution in [0.4, 0.5) is 0 Å². The summed E-state index contributed by atoms with van der Waals surface area (Å²) in [4.78, 5) is 0. The smallest absolute Gasteiger partial charge is 0.146 e. The second-order valence-electron chi connectivity index (χ2n) is 5.02. The van der Waals surface area contributed by atoms with Gasteiger partial charge >= 0.3 is 0 Å². The largest absolute Gasteiger partial charge is 0.485 e. The summed E-state index contributed by atoms with van der Waals surface area (Å²) in [6.45, 7) is 5.50. The number of hydrogen-bond donors (Lipinski definition) is 1. The standard InChI is InChI=1S/C16H20BrNO2/c1-11(2)15-8-12(17)4-7-16(15)19-10-14-6-5-13(20-14)9-18-3/h4-8,11,18H,9-10H2,1-3H3. The molecule has 0 aliphatic rings. The highest BCUT2D eigenvalue weighted by molar-refractivity contribution is 9.10. The van der Waals surface area contributed by atoms with Crippen LogP contribution < -0.4 is 10.1 Å². The average Bonchev–Trinajstić information content (AvgIpc) is 2.85. The quantitative estimate of drug-likeness (QED) is 0.844. The predicted octanol–water partition coefficient (Wildman–Crippen LogP) is 4.46. The molecule has 2 aromatic rings. The van der Waals surface area contributed by atoms with Crippen LogP contribution in [-0.4, -0.2) is 7.05 Å². The molecule has 20 heavy (non-hydrogen) atoms. The molecule has 0 saturated heterocycles. The van der Waals surface area contributed by atoms with E-state index in [-0.39, 0.29) is 0 Å². The molecular formula is C16H20BrNO2. The summed E-state index contributed by atoms with van der Waals surface area (Å²) in [7, 11) is 1.90. The second kappa shape index (κ2) is 6.95. The maximum atomic E-state index is 5.90. The molecule has 108 valence electrons. The molecule has 0 spiro atoms. The molecule has 0 aliphatic heterocycles. The minimum absolute atomic E-state index is 0.416. The van der Waals surface area contributed by atoms with E-state index in [1.54, 1.807) is 0 Å². The Kier molecular flexibility index (Phi) is 5.26. The highest BCUT2D eigenvalue weighted by Gasteiger charge is 2.10. The van der Waals surface area contributed by atoms with Gasteiger partial charge < -0.3 is 14.5 Å². The monoisotopic (exact) mass is 337 g/mol. The first kappa shape index (κ1) is 15.1. The molecule has 0 unspecified atom stereocenters. The maximum Gasteiger partial charge on any atom is 0.146 e. The van der Waals surface area contributed by atoms with Gasteiger partial charge in [0.15, 0.2) is 0 Å². The lowest BCUT2D eigenvalue weighted by molar-refractivity contribution is 0.262. The molecule has 1 heterocycles. The van der Waals surface area contributed by atoms with E-state index >= 15 is 0 Å². The molecule has 1 N–H and O–H groups in total. The van der Waals surface area contributed by atoms with Crippen molar-refractivity contribution in [2.24, 2.45) is 0 Å². The van der Waals surface area contributed by atoms with Crippen molar-refractivity contribution in [2.45, 2.75) is 32.9 Å². The van der Waals surface area contributed by atoms with Crippen molar-refractivity contribution in [3.63, 3.8) is 0 Å². The third-order valence-corrected chi connectivity index (χ3v) is 3.53. The summed E-state index contributed by atoms with van der Waals surface area (Å²) in [5, 5.41) is 3.06. The van der Waals surface area contributed by atoms with Crippen LogP contribution in [0.25, 0.3) is 0 Å². The molecule has 2 rings (SSSR count). The van der Waals surface area contributed by atoms with Crippen molar-refractivity contribution < 1.29 is 9.15 Å². The Bertz CT molecular complexity index is 563. The van der Waals surface area contributed by atoms with E-state index < -0.39 is 0 Å². The first-order valence-corrected chi connectivity index (χ1v) is 7.54. The van der Waals surface area contributed by atoms with Crippen LogP contribution in [0.15, 0.2) is 39.2 Å². The van der Waals surface area contributed by atoms with E-state index in [1.807, 2.05) is 31.3 Å². The molecule has 3 nitrogen and oxygen atoms in total. The Morgan fingerprint density at radius 2 is 1.95 bits per heavy atom. The first-order chi connectivity index (χ1) is 9.60. The number of ether oxygens (including phenoxy) is 1. The highest BCUT2D eigenvalue weighted by atomic mass is 79.9. The van der Waals surface area contributed by atoms with Gasteiger partial charge in [0.25, 0.3) is 0 Å². The van der Waals surface area contributed by atoms with Gasteiger partial charge in [-0.05, 0) is 48.9 Å². The number of hydrogen-bond acceptors (Lipinski definition) is 3. The minimum Gasteiger partial charge on any atom is -0.485 e. The third-order valence-electron chi connectivity index (χ3n) is 3.03. The third kappa shape index (κ3) is 3.87. The van der Waals surface area contributed by atoms with E-state index in [0.29, 0.717) is 12.5 Å². The van der Waals surface area contributed by atoms with Gasteiger partial charge in [-0.25, -0.2) is 0 Å². The molecule has 0 saturated carbocycles. The van der Waals surface area contributed by atoms with Crippen molar-refractivity contribution in [1.82, 2.24) is 5.32 Å². The molecule has 0 bridgehead atoms. The van der Waals surface area contributed by atoms with Crippen molar-refractivity contribution in [2.75, 3.05) is 7.05 Å². The zero-order chi connectivity index (χ0) is 14.5. The Labute approximate surface area is 128 Å². The van der Waals surface area contributed by atoms with Gasteiger partial charge in [-0.15, -0.1) is 0 Å². The van der Waals surface area contributed by atoms with Gasteiger partial charge in [0.05, 0.1) is 6.54 Å². The van der Waals surface area contributed by atoms with E-state index in [9.17, 15) is 0 Å². The first-order valence-electron chi connectivity index (χ1n) is 6.74. The SMILES string of the molecule is CNCc1ccc(COc2ccc(Br)cc2C(C)C)o1. The predicted molar refractivity (Wildman–Crippen MR) is 84.0 cm³/mol. The summed E-state index contributed by atoms with van der Waals surface area (Å²) in [6.07, 6.45) is 0. The van der Waals surface area contributed by atoms with Crippen LogP contribution in [0, 0.1) is 0 Å². The Balaban J connectivity index is 2.06. The fraction of sp³-hybridized carbons (Fsp3) is 0.375. The number of nitrogens with one attached hydrogen (secondary N) is 1. The van der Waals surface area contributed by atoms with Crippen molar-refractivity contribution in [3.8, 4) is 5.75 Å². The van der Waals surface area contributed by atoms with Crippen molar-refractivity contribution >= 4 is 15.9 Å². The number of rotatable bonds is 6. The summed E-state index contributed by atoms with van der Waals surface area (Å²) in [6, 6.07) is 10.0. The van der Waals surface area contributed by atoms with Gasteiger partial charge in [0.2, 0.25) is 0 Å².